The van der Waals surface area contributed by atoms with Gasteiger partial charge in [0, 0.05) is 30.4 Å². The smallest absolute Gasteiger partial charge is 0.229 e. The Balaban J connectivity index is 1.32. The zero-order chi connectivity index (χ0) is 15.6. The van der Waals surface area contributed by atoms with Gasteiger partial charge in [-0.3, -0.25) is 9.80 Å². The summed E-state index contributed by atoms with van der Waals surface area (Å²) >= 11 is 1.67. The van der Waals surface area contributed by atoms with Crippen LogP contribution < -0.4 is 0 Å². The molecule has 124 valence electrons. The van der Waals surface area contributed by atoms with E-state index in [1.807, 2.05) is 5.51 Å². The average molecular weight is 333 g/mol. The van der Waals surface area contributed by atoms with Crippen molar-refractivity contribution >= 4 is 11.3 Å². The molecule has 0 N–H and O–H groups in total. The summed E-state index contributed by atoms with van der Waals surface area (Å²) in [5, 5.41) is 6.29. The maximum absolute atomic E-state index is 5.37. The van der Waals surface area contributed by atoms with Crippen molar-refractivity contribution in [2.24, 2.45) is 0 Å². The SMILES string of the molecule is CN(Cc1cscn1)[C@H]1CCCN(Cc2noc(C3CC3)n2)C1. The number of rotatable bonds is 6. The van der Waals surface area contributed by atoms with E-state index in [2.05, 4.69) is 37.4 Å². The monoisotopic (exact) mass is 333 g/mol. The third kappa shape index (κ3) is 3.79. The van der Waals surface area contributed by atoms with Crippen LogP contribution in [0.15, 0.2) is 15.4 Å². The number of hydrogen-bond acceptors (Lipinski definition) is 7. The van der Waals surface area contributed by atoms with Crippen molar-refractivity contribution in [3.05, 3.63) is 28.3 Å². The van der Waals surface area contributed by atoms with Crippen LogP contribution in [0.3, 0.4) is 0 Å². The average Bonchev–Trinajstić information content (AvgIpc) is 3.09. The van der Waals surface area contributed by atoms with Gasteiger partial charge in [0.05, 0.1) is 17.7 Å². The van der Waals surface area contributed by atoms with Gasteiger partial charge in [-0.05, 0) is 39.3 Å². The van der Waals surface area contributed by atoms with E-state index in [-0.39, 0.29) is 0 Å². The Morgan fingerprint density at radius 1 is 1.39 bits per heavy atom. The number of thiazole rings is 1. The number of likely N-dealkylation sites (tertiary alicyclic amines) is 1. The molecule has 0 unspecified atom stereocenters. The van der Waals surface area contributed by atoms with E-state index in [0.29, 0.717) is 12.0 Å². The first kappa shape index (κ1) is 15.2. The Bertz CT molecular complexity index is 624. The van der Waals surface area contributed by atoms with Crippen molar-refractivity contribution in [1.29, 1.82) is 0 Å². The van der Waals surface area contributed by atoms with Crippen LogP contribution in [-0.4, -0.2) is 51.1 Å². The summed E-state index contributed by atoms with van der Waals surface area (Å²) in [6.45, 7) is 3.91. The lowest BCUT2D eigenvalue weighted by Gasteiger charge is -2.36. The minimum Gasteiger partial charge on any atom is -0.339 e. The van der Waals surface area contributed by atoms with Crippen molar-refractivity contribution < 1.29 is 4.52 Å². The summed E-state index contributed by atoms with van der Waals surface area (Å²) in [5.74, 6) is 2.22. The highest BCUT2D eigenvalue weighted by Gasteiger charge is 2.30. The third-order valence-corrected chi connectivity index (χ3v) is 5.41. The highest BCUT2D eigenvalue weighted by atomic mass is 32.1. The van der Waals surface area contributed by atoms with Crippen molar-refractivity contribution in [3.63, 3.8) is 0 Å². The van der Waals surface area contributed by atoms with E-state index >= 15 is 0 Å². The molecule has 0 spiro atoms. The van der Waals surface area contributed by atoms with E-state index in [9.17, 15) is 0 Å². The Morgan fingerprint density at radius 2 is 2.30 bits per heavy atom. The van der Waals surface area contributed by atoms with Gasteiger partial charge in [-0.25, -0.2) is 4.98 Å². The largest absolute Gasteiger partial charge is 0.339 e. The van der Waals surface area contributed by atoms with Gasteiger partial charge in [0.2, 0.25) is 5.89 Å². The second kappa shape index (κ2) is 6.67. The molecule has 0 bridgehead atoms. The summed E-state index contributed by atoms with van der Waals surface area (Å²) in [5.41, 5.74) is 3.08. The second-order valence-corrected chi connectivity index (χ2v) is 7.47. The van der Waals surface area contributed by atoms with Gasteiger partial charge >= 0.3 is 0 Å². The van der Waals surface area contributed by atoms with Gasteiger partial charge in [-0.2, -0.15) is 4.98 Å². The molecular weight excluding hydrogens is 310 g/mol. The molecule has 4 rings (SSSR count). The fourth-order valence-electron chi connectivity index (χ4n) is 3.26. The second-order valence-electron chi connectivity index (χ2n) is 6.75. The molecule has 1 saturated heterocycles. The van der Waals surface area contributed by atoms with Crippen molar-refractivity contribution in [1.82, 2.24) is 24.9 Å². The quantitative estimate of drug-likeness (QED) is 0.809. The Labute approximate surface area is 140 Å². The summed E-state index contributed by atoms with van der Waals surface area (Å²) in [4.78, 5) is 13.8. The van der Waals surface area contributed by atoms with Gasteiger partial charge in [0.25, 0.3) is 0 Å². The minimum atomic E-state index is 0.537. The molecule has 1 aliphatic heterocycles. The molecule has 2 fully saturated rings. The molecule has 1 aliphatic carbocycles. The van der Waals surface area contributed by atoms with E-state index in [1.54, 1.807) is 11.3 Å². The van der Waals surface area contributed by atoms with E-state index < -0.39 is 0 Å². The van der Waals surface area contributed by atoms with Crippen LogP contribution in [0.5, 0.6) is 0 Å². The number of piperidine rings is 1. The number of likely N-dealkylation sites (N-methyl/N-ethyl adjacent to an activating group) is 1. The third-order valence-electron chi connectivity index (χ3n) is 4.77. The summed E-state index contributed by atoms with van der Waals surface area (Å²) in [6.07, 6.45) is 4.87. The van der Waals surface area contributed by atoms with Crippen molar-refractivity contribution in [3.8, 4) is 0 Å². The molecule has 23 heavy (non-hydrogen) atoms. The zero-order valence-electron chi connectivity index (χ0n) is 13.5. The predicted molar refractivity (Wildman–Crippen MR) is 88.2 cm³/mol. The fraction of sp³-hybridized carbons (Fsp3) is 0.688. The number of nitrogens with zero attached hydrogens (tertiary/aromatic N) is 5. The molecule has 2 aromatic heterocycles. The molecule has 7 heteroatoms. The van der Waals surface area contributed by atoms with Gasteiger partial charge in [-0.1, -0.05) is 5.16 Å². The highest BCUT2D eigenvalue weighted by molar-refractivity contribution is 7.07. The number of hydrogen-bond donors (Lipinski definition) is 0. The van der Waals surface area contributed by atoms with Crippen LogP contribution in [0.25, 0.3) is 0 Å². The standard InChI is InChI=1S/C16H23N5OS/c1-20(7-13-10-23-11-17-13)14-3-2-6-21(8-14)9-15-18-16(22-19-15)12-4-5-12/h10-12,14H,2-9H2,1H3/t14-/m0/s1. The fourth-order valence-corrected chi connectivity index (χ4v) is 3.81. The molecule has 2 aliphatic rings. The molecule has 6 nitrogen and oxygen atoms in total. The van der Waals surface area contributed by atoms with Crippen molar-refractivity contribution in [2.75, 3.05) is 20.1 Å². The molecular formula is C16H23N5OS. The lowest BCUT2D eigenvalue weighted by atomic mass is 10.0. The molecule has 0 amide bonds. The zero-order valence-corrected chi connectivity index (χ0v) is 14.3. The highest BCUT2D eigenvalue weighted by Crippen LogP contribution is 2.38. The molecule has 3 heterocycles. The van der Waals surface area contributed by atoms with Crippen LogP contribution in [0.2, 0.25) is 0 Å². The van der Waals surface area contributed by atoms with Crippen LogP contribution in [0, 0.1) is 0 Å². The van der Waals surface area contributed by atoms with Crippen LogP contribution in [0.1, 0.15) is 49.0 Å². The first-order chi connectivity index (χ1) is 11.3. The molecule has 1 saturated carbocycles. The maximum Gasteiger partial charge on any atom is 0.229 e. The Kier molecular flexibility index (Phi) is 4.41. The lowest BCUT2D eigenvalue weighted by Crippen LogP contribution is -2.45. The van der Waals surface area contributed by atoms with Gasteiger partial charge in [0.1, 0.15) is 0 Å². The summed E-state index contributed by atoms with van der Waals surface area (Å²) in [7, 11) is 2.20. The van der Waals surface area contributed by atoms with Gasteiger partial charge < -0.3 is 4.52 Å². The van der Waals surface area contributed by atoms with E-state index in [4.69, 9.17) is 4.52 Å². The topological polar surface area (TPSA) is 58.3 Å². The van der Waals surface area contributed by atoms with Crippen LogP contribution >= 0.6 is 11.3 Å². The lowest BCUT2D eigenvalue weighted by molar-refractivity contribution is 0.104. The van der Waals surface area contributed by atoms with Crippen LogP contribution in [0.4, 0.5) is 0 Å². The van der Waals surface area contributed by atoms with Gasteiger partial charge in [-0.15, -0.1) is 11.3 Å². The molecule has 1 atom stereocenters. The number of aromatic nitrogens is 3. The van der Waals surface area contributed by atoms with E-state index in [1.165, 1.54) is 31.4 Å². The first-order valence-corrected chi connectivity index (χ1v) is 9.34. The molecule has 0 radical (unpaired) electrons. The Hall–Kier alpha value is -1.31. The van der Waals surface area contributed by atoms with E-state index in [0.717, 1.165) is 37.9 Å². The Morgan fingerprint density at radius 3 is 3.09 bits per heavy atom. The molecule has 2 aromatic rings. The normalized spacial score (nSPS) is 22.8. The van der Waals surface area contributed by atoms with Crippen LogP contribution in [-0.2, 0) is 13.1 Å². The summed E-state index contributed by atoms with van der Waals surface area (Å²) in [6, 6.07) is 0.570. The van der Waals surface area contributed by atoms with Gasteiger partial charge in [0.15, 0.2) is 5.82 Å². The predicted octanol–water partition coefficient (Wildman–Crippen LogP) is 2.50. The first-order valence-electron chi connectivity index (χ1n) is 8.40. The minimum absolute atomic E-state index is 0.537. The summed E-state index contributed by atoms with van der Waals surface area (Å²) < 4.78 is 5.37. The molecule has 0 aromatic carbocycles. The maximum atomic E-state index is 5.37. The van der Waals surface area contributed by atoms with Crippen molar-refractivity contribution in [2.45, 2.75) is 50.7 Å².